The Labute approximate surface area is 181 Å². The maximum Gasteiger partial charge on any atom is 0.267 e. The van der Waals surface area contributed by atoms with Gasteiger partial charge >= 0.3 is 0 Å². The molecule has 1 amide bonds. The Kier molecular flexibility index (Phi) is 6.57. The van der Waals surface area contributed by atoms with Gasteiger partial charge in [-0.2, -0.15) is 5.10 Å². The third kappa shape index (κ3) is 5.14. The molecule has 2 fully saturated rings. The molecule has 160 valence electrons. The third-order valence-electron chi connectivity index (χ3n) is 5.89. The van der Waals surface area contributed by atoms with Gasteiger partial charge in [0.1, 0.15) is 12.4 Å². The molecule has 0 unspecified atom stereocenters. The minimum absolute atomic E-state index is 0.0361. The highest BCUT2D eigenvalue weighted by molar-refractivity contribution is 6.30. The summed E-state index contributed by atoms with van der Waals surface area (Å²) < 4.78 is 1.27. The van der Waals surface area contributed by atoms with E-state index in [0.29, 0.717) is 0 Å². The number of carbonyl (C=O) groups excluding carboxylic acids is 1. The summed E-state index contributed by atoms with van der Waals surface area (Å²) in [5.74, 6) is 0.588. The molecule has 30 heavy (non-hydrogen) atoms. The SMILES string of the molecule is O=C(Cn1nc(N2CCN(c3cccc(Cl)c3)CC2)ccc1=O)NC1CCCCC1. The van der Waals surface area contributed by atoms with Crippen molar-refractivity contribution >= 4 is 29.0 Å². The Morgan fingerprint density at radius 3 is 2.50 bits per heavy atom. The standard InChI is InChI=1S/C22H28ClN5O2/c23-17-5-4-8-19(15-17)26-11-13-27(14-12-26)20-9-10-22(30)28(25-20)16-21(29)24-18-6-2-1-3-7-18/h4-5,8-10,15,18H,1-3,6-7,11-14,16H2,(H,24,29). The van der Waals surface area contributed by atoms with Crippen LogP contribution in [0.3, 0.4) is 0 Å². The fourth-order valence-electron chi connectivity index (χ4n) is 4.24. The molecule has 1 saturated heterocycles. The molecular weight excluding hydrogens is 402 g/mol. The minimum Gasteiger partial charge on any atom is -0.368 e. The molecular formula is C22H28ClN5O2. The summed E-state index contributed by atoms with van der Waals surface area (Å²) in [5, 5.41) is 8.25. The minimum atomic E-state index is -0.255. The maximum absolute atomic E-state index is 12.4. The van der Waals surface area contributed by atoms with Crippen LogP contribution in [0.1, 0.15) is 32.1 Å². The van der Waals surface area contributed by atoms with Gasteiger partial charge in [-0.15, -0.1) is 0 Å². The van der Waals surface area contributed by atoms with Gasteiger partial charge in [0, 0.05) is 49.0 Å². The summed E-state index contributed by atoms with van der Waals surface area (Å²) in [6, 6.07) is 11.3. The monoisotopic (exact) mass is 429 g/mol. The number of amides is 1. The van der Waals surface area contributed by atoms with Gasteiger partial charge in [-0.05, 0) is 37.1 Å². The summed E-state index contributed by atoms with van der Waals surface area (Å²) in [5.41, 5.74) is 0.856. The number of hydrogen-bond donors (Lipinski definition) is 1. The summed E-state index contributed by atoms with van der Waals surface area (Å²) in [6.45, 7) is 3.20. The van der Waals surface area contributed by atoms with Crippen molar-refractivity contribution in [2.45, 2.75) is 44.7 Å². The van der Waals surface area contributed by atoms with Crippen LogP contribution in [0.15, 0.2) is 41.2 Å². The van der Waals surface area contributed by atoms with Crippen LogP contribution < -0.4 is 20.7 Å². The molecule has 0 spiro atoms. The highest BCUT2D eigenvalue weighted by Gasteiger charge is 2.20. The number of benzene rings is 1. The molecule has 1 aliphatic heterocycles. The van der Waals surface area contributed by atoms with E-state index >= 15 is 0 Å². The van der Waals surface area contributed by atoms with Crippen molar-refractivity contribution in [2.24, 2.45) is 0 Å². The van der Waals surface area contributed by atoms with Crippen LogP contribution in [0.2, 0.25) is 5.02 Å². The van der Waals surface area contributed by atoms with Crippen molar-refractivity contribution in [3.63, 3.8) is 0 Å². The quantitative estimate of drug-likeness (QED) is 0.791. The van der Waals surface area contributed by atoms with Gasteiger partial charge in [0.15, 0.2) is 0 Å². The summed E-state index contributed by atoms with van der Waals surface area (Å²) in [4.78, 5) is 29.1. The number of halogens is 1. The van der Waals surface area contributed by atoms with Gasteiger partial charge in [0.2, 0.25) is 5.91 Å². The average Bonchev–Trinajstić information content (AvgIpc) is 2.76. The van der Waals surface area contributed by atoms with Crippen LogP contribution in [-0.4, -0.2) is 47.9 Å². The van der Waals surface area contributed by atoms with Crippen molar-refractivity contribution in [2.75, 3.05) is 36.0 Å². The van der Waals surface area contributed by atoms with E-state index in [9.17, 15) is 9.59 Å². The lowest BCUT2D eigenvalue weighted by Gasteiger charge is -2.36. The molecule has 2 aliphatic rings. The number of hydrogen-bond acceptors (Lipinski definition) is 5. The molecule has 7 nitrogen and oxygen atoms in total. The Morgan fingerprint density at radius 1 is 1.03 bits per heavy atom. The lowest BCUT2D eigenvalue weighted by atomic mass is 9.95. The van der Waals surface area contributed by atoms with Gasteiger partial charge in [-0.25, -0.2) is 4.68 Å². The predicted octanol–water partition coefficient (Wildman–Crippen LogP) is 2.67. The topological polar surface area (TPSA) is 70.5 Å². The highest BCUT2D eigenvalue weighted by Crippen LogP contribution is 2.22. The number of aromatic nitrogens is 2. The van der Waals surface area contributed by atoms with E-state index in [1.54, 1.807) is 6.07 Å². The van der Waals surface area contributed by atoms with E-state index in [2.05, 4.69) is 26.3 Å². The summed E-state index contributed by atoms with van der Waals surface area (Å²) in [7, 11) is 0. The van der Waals surface area contributed by atoms with Gasteiger partial charge < -0.3 is 15.1 Å². The zero-order valence-corrected chi connectivity index (χ0v) is 17.9. The Morgan fingerprint density at radius 2 is 1.77 bits per heavy atom. The van der Waals surface area contributed by atoms with Gasteiger partial charge in [0.05, 0.1) is 0 Å². The molecule has 1 aliphatic carbocycles. The van der Waals surface area contributed by atoms with Crippen LogP contribution in [0, 0.1) is 0 Å². The lowest BCUT2D eigenvalue weighted by Crippen LogP contribution is -2.47. The second-order valence-electron chi connectivity index (χ2n) is 8.04. The first-order chi connectivity index (χ1) is 14.6. The smallest absolute Gasteiger partial charge is 0.267 e. The Bertz CT molecular complexity index is 933. The Hall–Kier alpha value is -2.54. The molecule has 2 aromatic rings. The summed E-state index contributed by atoms with van der Waals surface area (Å²) >= 11 is 6.11. The summed E-state index contributed by atoms with van der Waals surface area (Å²) in [6.07, 6.45) is 5.58. The van der Waals surface area contributed by atoms with Crippen molar-refractivity contribution in [1.29, 1.82) is 0 Å². The molecule has 1 saturated carbocycles. The van der Waals surface area contributed by atoms with Crippen LogP contribution in [-0.2, 0) is 11.3 Å². The molecule has 1 aromatic carbocycles. The number of carbonyl (C=O) groups is 1. The molecule has 2 heterocycles. The first-order valence-corrected chi connectivity index (χ1v) is 11.1. The number of anilines is 2. The van der Waals surface area contributed by atoms with E-state index < -0.39 is 0 Å². The third-order valence-corrected chi connectivity index (χ3v) is 6.13. The number of nitrogens with zero attached hydrogens (tertiary/aromatic N) is 4. The van der Waals surface area contributed by atoms with Crippen LogP contribution in [0.5, 0.6) is 0 Å². The fourth-order valence-corrected chi connectivity index (χ4v) is 4.43. The second kappa shape index (κ2) is 9.51. The molecule has 8 heteroatoms. The predicted molar refractivity (Wildman–Crippen MR) is 119 cm³/mol. The van der Waals surface area contributed by atoms with Gasteiger partial charge in [-0.1, -0.05) is 36.9 Å². The van der Waals surface area contributed by atoms with E-state index in [-0.39, 0.29) is 24.1 Å². The normalized spacial score (nSPS) is 17.8. The molecule has 1 N–H and O–H groups in total. The molecule has 4 rings (SSSR count). The van der Waals surface area contributed by atoms with E-state index in [1.165, 1.54) is 17.2 Å². The number of nitrogens with one attached hydrogen (secondary N) is 1. The number of rotatable bonds is 5. The van der Waals surface area contributed by atoms with Crippen LogP contribution in [0.25, 0.3) is 0 Å². The van der Waals surface area contributed by atoms with E-state index in [0.717, 1.165) is 68.4 Å². The molecule has 0 radical (unpaired) electrons. The van der Waals surface area contributed by atoms with Crippen LogP contribution in [0.4, 0.5) is 11.5 Å². The van der Waals surface area contributed by atoms with E-state index in [4.69, 9.17) is 11.6 Å². The van der Waals surface area contributed by atoms with Crippen molar-refractivity contribution < 1.29 is 4.79 Å². The molecule has 0 bridgehead atoms. The first-order valence-electron chi connectivity index (χ1n) is 10.7. The van der Waals surface area contributed by atoms with E-state index in [1.807, 2.05) is 18.2 Å². The number of piperazine rings is 1. The average molecular weight is 430 g/mol. The van der Waals surface area contributed by atoms with Crippen molar-refractivity contribution in [3.05, 3.63) is 51.8 Å². The zero-order valence-electron chi connectivity index (χ0n) is 17.1. The van der Waals surface area contributed by atoms with Crippen molar-refractivity contribution in [1.82, 2.24) is 15.1 Å². The highest BCUT2D eigenvalue weighted by atomic mass is 35.5. The largest absolute Gasteiger partial charge is 0.368 e. The lowest BCUT2D eigenvalue weighted by molar-refractivity contribution is -0.122. The van der Waals surface area contributed by atoms with Crippen LogP contribution >= 0.6 is 11.6 Å². The maximum atomic E-state index is 12.4. The fraction of sp³-hybridized carbons (Fsp3) is 0.500. The van der Waals surface area contributed by atoms with Crippen molar-refractivity contribution in [3.8, 4) is 0 Å². The molecule has 0 atom stereocenters. The molecule has 1 aromatic heterocycles. The van der Waals surface area contributed by atoms with Gasteiger partial charge in [-0.3, -0.25) is 9.59 Å². The second-order valence-corrected chi connectivity index (χ2v) is 8.48. The zero-order chi connectivity index (χ0) is 20.9. The van der Waals surface area contributed by atoms with Gasteiger partial charge in [0.25, 0.3) is 5.56 Å². The Balaban J connectivity index is 1.37. The first kappa shape index (κ1) is 20.7.